The molecule has 0 atom stereocenters. The van der Waals surface area contributed by atoms with Gasteiger partial charge in [-0.1, -0.05) is 6.07 Å². The number of hydrogen-bond acceptors (Lipinski definition) is 3. The second kappa shape index (κ2) is 5.84. The summed E-state index contributed by atoms with van der Waals surface area (Å²) in [7, 11) is 1.55. The number of nitrogens with one attached hydrogen (secondary N) is 1. The minimum absolute atomic E-state index is 0.182. The normalized spacial score (nSPS) is 10.1. The van der Waals surface area contributed by atoms with Gasteiger partial charge in [0.15, 0.2) is 0 Å². The summed E-state index contributed by atoms with van der Waals surface area (Å²) in [5.74, 6) is 0.327. The molecule has 2 rings (SSSR count). The van der Waals surface area contributed by atoms with Gasteiger partial charge in [0, 0.05) is 10.5 Å². The van der Waals surface area contributed by atoms with E-state index in [1.165, 1.54) is 0 Å². The van der Waals surface area contributed by atoms with Crippen LogP contribution >= 0.6 is 15.9 Å². The predicted molar refractivity (Wildman–Crippen MR) is 77.6 cm³/mol. The number of ether oxygens (including phenoxy) is 1. The quantitative estimate of drug-likeness (QED) is 0.942. The fourth-order valence-corrected chi connectivity index (χ4v) is 2.25. The third kappa shape index (κ3) is 3.32. The summed E-state index contributed by atoms with van der Waals surface area (Å²) in [5.41, 5.74) is 2.30. The molecule has 1 N–H and O–H groups in total. The molecule has 1 heterocycles. The third-order valence-electron chi connectivity index (χ3n) is 2.57. The SMILES string of the molecule is COc1ccc(NC(=O)c2ccc(C)cc2Br)cn1. The molecule has 0 saturated carbocycles. The number of nitrogens with zero attached hydrogens (tertiary/aromatic N) is 1. The molecule has 4 nitrogen and oxygen atoms in total. The Balaban J connectivity index is 2.15. The Hall–Kier alpha value is -1.88. The Morgan fingerprint density at radius 1 is 1.32 bits per heavy atom. The second-order valence-electron chi connectivity index (χ2n) is 4.03. The van der Waals surface area contributed by atoms with Gasteiger partial charge in [-0.2, -0.15) is 0 Å². The maximum Gasteiger partial charge on any atom is 0.256 e. The van der Waals surface area contributed by atoms with Crippen LogP contribution in [0.25, 0.3) is 0 Å². The Morgan fingerprint density at radius 3 is 2.68 bits per heavy atom. The minimum atomic E-state index is -0.182. The average Bonchev–Trinajstić information content (AvgIpc) is 2.39. The van der Waals surface area contributed by atoms with E-state index in [9.17, 15) is 4.79 Å². The van der Waals surface area contributed by atoms with Gasteiger partial charge >= 0.3 is 0 Å². The number of rotatable bonds is 3. The summed E-state index contributed by atoms with van der Waals surface area (Å²) in [5, 5.41) is 2.78. The van der Waals surface area contributed by atoms with Crippen LogP contribution in [-0.4, -0.2) is 18.0 Å². The van der Waals surface area contributed by atoms with Crippen molar-refractivity contribution in [3.05, 3.63) is 52.1 Å². The van der Waals surface area contributed by atoms with E-state index in [1.807, 2.05) is 19.1 Å². The lowest BCUT2D eigenvalue weighted by molar-refractivity contribution is 0.102. The first-order chi connectivity index (χ1) is 9.10. The molecule has 0 aliphatic heterocycles. The van der Waals surface area contributed by atoms with Crippen molar-refractivity contribution in [1.82, 2.24) is 4.98 Å². The van der Waals surface area contributed by atoms with Crippen molar-refractivity contribution >= 4 is 27.5 Å². The number of methoxy groups -OCH3 is 1. The molecule has 0 fully saturated rings. The Labute approximate surface area is 119 Å². The maximum absolute atomic E-state index is 12.1. The van der Waals surface area contributed by atoms with Gasteiger partial charge in [-0.25, -0.2) is 4.98 Å². The molecule has 1 amide bonds. The van der Waals surface area contributed by atoms with Crippen molar-refractivity contribution in [2.75, 3.05) is 12.4 Å². The fraction of sp³-hybridized carbons (Fsp3) is 0.143. The van der Waals surface area contributed by atoms with Gasteiger partial charge in [-0.05, 0) is 46.6 Å². The number of amides is 1. The standard InChI is InChI=1S/C14H13BrN2O2/c1-9-3-5-11(12(15)7-9)14(18)17-10-4-6-13(19-2)16-8-10/h3-8H,1-2H3,(H,17,18). The summed E-state index contributed by atoms with van der Waals surface area (Å²) in [6.45, 7) is 1.97. The molecule has 5 heteroatoms. The molecule has 19 heavy (non-hydrogen) atoms. The van der Waals surface area contributed by atoms with Crippen LogP contribution in [-0.2, 0) is 0 Å². The van der Waals surface area contributed by atoms with Crippen molar-refractivity contribution in [3.63, 3.8) is 0 Å². The van der Waals surface area contributed by atoms with Gasteiger partial charge in [0.25, 0.3) is 5.91 Å². The highest BCUT2D eigenvalue weighted by atomic mass is 79.9. The van der Waals surface area contributed by atoms with E-state index in [1.54, 1.807) is 31.5 Å². The number of anilines is 1. The Kier molecular flexibility index (Phi) is 4.16. The highest BCUT2D eigenvalue weighted by molar-refractivity contribution is 9.10. The molecule has 1 aromatic heterocycles. The molecule has 0 aliphatic rings. The van der Waals surface area contributed by atoms with Gasteiger partial charge in [-0.3, -0.25) is 4.79 Å². The fourth-order valence-electron chi connectivity index (χ4n) is 1.58. The van der Waals surface area contributed by atoms with Crippen molar-refractivity contribution in [1.29, 1.82) is 0 Å². The van der Waals surface area contributed by atoms with Gasteiger partial charge in [-0.15, -0.1) is 0 Å². The zero-order valence-electron chi connectivity index (χ0n) is 10.6. The molecular weight excluding hydrogens is 308 g/mol. The van der Waals surface area contributed by atoms with Gasteiger partial charge in [0.05, 0.1) is 24.6 Å². The van der Waals surface area contributed by atoms with Crippen LogP contribution in [0.5, 0.6) is 5.88 Å². The number of halogens is 1. The van der Waals surface area contributed by atoms with Gasteiger partial charge in [0.2, 0.25) is 5.88 Å². The number of aryl methyl sites for hydroxylation is 1. The van der Waals surface area contributed by atoms with E-state index in [4.69, 9.17) is 4.74 Å². The summed E-state index contributed by atoms with van der Waals surface area (Å²) < 4.78 is 5.73. The van der Waals surface area contributed by atoms with Gasteiger partial charge < -0.3 is 10.1 Å². The number of carbonyl (C=O) groups excluding carboxylic acids is 1. The molecular formula is C14H13BrN2O2. The van der Waals surface area contributed by atoms with E-state index in [2.05, 4.69) is 26.2 Å². The summed E-state index contributed by atoms with van der Waals surface area (Å²) in [6.07, 6.45) is 1.55. The number of aromatic nitrogens is 1. The minimum Gasteiger partial charge on any atom is -0.481 e. The molecule has 0 saturated heterocycles. The molecule has 0 spiro atoms. The molecule has 2 aromatic rings. The van der Waals surface area contributed by atoms with Crippen LogP contribution in [0.3, 0.4) is 0 Å². The van der Waals surface area contributed by atoms with Crippen LogP contribution < -0.4 is 10.1 Å². The molecule has 1 aromatic carbocycles. The van der Waals surface area contributed by atoms with Crippen LogP contribution in [0.4, 0.5) is 5.69 Å². The highest BCUT2D eigenvalue weighted by Gasteiger charge is 2.10. The number of carbonyl (C=O) groups is 1. The largest absolute Gasteiger partial charge is 0.481 e. The van der Waals surface area contributed by atoms with Crippen LogP contribution in [0, 0.1) is 6.92 Å². The predicted octanol–water partition coefficient (Wildman–Crippen LogP) is 3.41. The Bertz CT molecular complexity index is 597. The van der Waals surface area contributed by atoms with Crippen molar-refractivity contribution in [2.24, 2.45) is 0 Å². The molecule has 0 bridgehead atoms. The maximum atomic E-state index is 12.1. The first-order valence-corrected chi connectivity index (χ1v) is 6.47. The van der Waals surface area contributed by atoms with E-state index >= 15 is 0 Å². The van der Waals surface area contributed by atoms with Crippen molar-refractivity contribution in [2.45, 2.75) is 6.92 Å². The van der Waals surface area contributed by atoms with Crippen molar-refractivity contribution < 1.29 is 9.53 Å². The molecule has 0 radical (unpaired) electrons. The lowest BCUT2D eigenvalue weighted by Crippen LogP contribution is -2.12. The third-order valence-corrected chi connectivity index (χ3v) is 3.23. The van der Waals surface area contributed by atoms with E-state index in [0.717, 1.165) is 10.0 Å². The summed E-state index contributed by atoms with van der Waals surface area (Å²) in [4.78, 5) is 16.1. The lowest BCUT2D eigenvalue weighted by Gasteiger charge is -2.07. The topological polar surface area (TPSA) is 51.2 Å². The van der Waals surface area contributed by atoms with E-state index in [-0.39, 0.29) is 5.91 Å². The first-order valence-electron chi connectivity index (χ1n) is 5.67. The highest BCUT2D eigenvalue weighted by Crippen LogP contribution is 2.20. The molecule has 98 valence electrons. The molecule has 0 unspecified atom stereocenters. The Morgan fingerprint density at radius 2 is 2.11 bits per heavy atom. The van der Waals surface area contributed by atoms with Crippen molar-refractivity contribution in [3.8, 4) is 5.88 Å². The zero-order valence-corrected chi connectivity index (χ0v) is 12.2. The lowest BCUT2D eigenvalue weighted by atomic mass is 10.1. The van der Waals surface area contributed by atoms with Crippen LogP contribution in [0.15, 0.2) is 41.0 Å². The monoisotopic (exact) mass is 320 g/mol. The second-order valence-corrected chi connectivity index (χ2v) is 4.88. The van der Waals surface area contributed by atoms with E-state index in [0.29, 0.717) is 17.1 Å². The number of hydrogen-bond donors (Lipinski definition) is 1. The summed E-state index contributed by atoms with van der Waals surface area (Å²) >= 11 is 3.39. The van der Waals surface area contributed by atoms with Crippen LogP contribution in [0.1, 0.15) is 15.9 Å². The number of pyridine rings is 1. The zero-order chi connectivity index (χ0) is 13.8. The first kappa shape index (κ1) is 13.5. The summed E-state index contributed by atoms with van der Waals surface area (Å²) in [6, 6.07) is 9.02. The van der Waals surface area contributed by atoms with E-state index < -0.39 is 0 Å². The van der Waals surface area contributed by atoms with Crippen LogP contribution in [0.2, 0.25) is 0 Å². The van der Waals surface area contributed by atoms with Gasteiger partial charge in [0.1, 0.15) is 0 Å². The molecule has 0 aliphatic carbocycles. The average molecular weight is 321 g/mol. The smallest absolute Gasteiger partial charge is 0.256 e. The number of benzene rings is 1.